The summed E-state index contributed by atoms with van der Waals surface area (Å²) in [6.45, 7) is -0.414. The number of carbonyl (C=O) groups excluding carboxylic acids is 3. The Hall–Kier alpha value is -3.03. The second-order valence-electron chi connectivity index (χ2n) is 6.56. The zero-order valence-corrected chi connectivity index (χ0v) is 14.5. The number of aliphatic hydroxyl groups is 2. The van der Waals surface area contributed by atoms with Gasteiger partial charge >= 0.3 is 6.09 Å². The fraction of sp³-hybridized carbons (Fsp3) is 0.250. The van der Waals surface area contributed by atoms with E-state index in [0.717, 1.165) is 0 Å². The lowest BCUT2D eigenvalue weighted by molar-refractivity contribution is 0.0132. The Morgan fingerprint density at radius 2 is 1.85 bits per heavy atom. The van der Waals surface area contributed by atoms with Gasteiger partial charge in [0, 0.05) is 35.7 Å². The van der Waals surface area contributed by atoms with Crippen LogP contribution >= 0.6 is 0 Å². The topological polar surface area (TPSA) is 113 Å². The molecule has 0 radical (unpaired) electrons. The highest BCUT2D eigenvalue weighted by Gasteiger charge is 2.42. The Morgan fingerprint density at radius 3 is 2.48 bits per heavy atom. The minimum atomic E-state index is -1.19. The summed E-state index contributed by atoms with van der Waals surface area (Å²) in [4.78, 5) is 37.6. The third-order valence-electron chi connectivity index (χ3n) is 5.13. The Labute approximate surface area is 154 Å². The van der Waals surface area contributed by atoms with E-state index in [1.165, 1.54) is 13.1 Å². The smallest absolute Gasteiger partial charge is 0.407 e. The maximum Gasteiger partial charge on any atom is 0.407 e. The van der Waals surface area contributed by atoms with Crippen LogP contribution in [0.1, 0.15) is 54.6 Å². The Balaban J connectivity index is 1.90. The van der Waals surface area contributed by atoms with Gasteiger partial charge < -0.3 is 20.3 Å². The van der Waals surface area contributed by atoms with Crippen molar-refractivity contribution in [3.8, 4) is 0 Å². The van der Waals surface area contributed by atoms with Gasteiger partial charge in [0.1, 0.15) is 12.2 Å². The van der Waals surface area contributed by atoms with Crippen LogP contribution < -0.4 is 5.32 Å². The largest absolute Gasteiger partial charge is 0.443 e. The lowest BCUT2D eigenvalue weighted by Crippen LogP contribution is -2.28. The lowest BCUT2D eigenvalue weighted by atomic mass is 9.79. The molecule has 2 aliphatic carbocycles. The van der Waals surface area contributed by atoms with Crippen LogP contribution in [0.4, 0.5) is 4.79 Å². The summed E-state index contributed by atoms with van der Waals surface area (Å²) < 4.78 is 5.20. The van der Waals surface area contributed by atoms with Crippen molar-refractivity contribution in [3.05, 3.63) is 69.3 Å². The van der Waals surface area contributed by atoms with Crippen LogP contribution in [-0.2, 0) is 17.8 Å². The summed E-state index contributed by atoms with van der Waals surface area (Å²) >= 11 is 0. The average molecular weight is 367 g/mol. The Bertz CT molecular complexity index is 996. The zero-order chi connectivity index (χ0) is 19.3. The van der Waals surface area contributed by atoms with Crippen molar-refractivity contribution < 1.29 is 29.3 Å². The van der Waals surface area contributed by atoms with Gasteiger partial charge in [0.15, 0.2) is 11.6 Å². The molecule has 0 spiro atoms. The van der Waals surface area contributed by atoms with Gasteiger partial charge in [-0.3, -0.25) is 9.59 Å². The van der Waals surface area contributed by atoms with Crippen molar-refractivity contribution in [2.24, 2.45) is 0 Å². The lowest BCUT2D eigenvalue weighted by Gasteiger charge is -2.22. The second kappa shape index (κ2) is 6.29. The number of hydrogen-bond donors (Lipinski definition) is 3. The molecule has 4 rings (SSSR count). The molecule has 0 aromatic heterocycles. The monoisotopic (exact) mass is 367 g/mol. The van der Waals surface area contributed by atoms with Gasteiger partial charge in [0.2, 0.25) is 0 Å². The number of ether oxygens (including phenoxy) is 1. The summed E-state index contributed by atoms with van der Waals surface area (Å²) in [5.74, 6) is -0.614. The first-order valence-corrected chi connectivity index (χ1v) is 8.52. The summed E-state index contributed by atoms with van der Waals surface area (Å²) in [5, 5.41) is 22.7. The maximum atomic E-state index is 13.1. The van der Waals surface area contributed by atoms with Gasteiger partial charge in [-0.05, 0) is 22.8 Å². The van der Waals surface area contributed by atoms with E-state index in [9.17, 15) is 24.6 Å². The van der Waals surface area contributed by atoms with Crippen LogP contribution in [0.15, 0.2) is 30.3 Å². The Kier molecular flexibility index (Phi) is 4.05. The predicted octanol–water partition coefficient (Wildman–Crippen LogP) is 1.27. The van der Waals surface area contributed by atoms with Gasteiger partial charge in [-0.15, -0.1) is 0 Å². The van der Waals surface area contributed by atoms with E-state index in [1.807, 2.05) is 0 Å². The minimum Gasteiger partial charge on any atom is -0.443 e. The van der Waals surface area contributed by atoms with Gasteiger partial charge in [-0.1, -0.05) is 24.3 Å². The van der Waals surface area contributed by atoms with E-state index in [2.05, 4.69) is 5.32 Å². The molecule has 0 saturated carbocycles. The number of carbonyl (C=O) groups is 3. The van der Waals surface area contributed by atoms with Crippen molar-refractivity contribution in [3.63, 3.8) is 0 Å². The molecule has 1 amide bonds. The van der Waals surface area contributed by atoms with Crippen LogP contribution in [0.25, 0.3) is 0 Å². The fourth-order valence-electron chi connectivity index (χ4n) is 3.93. The molecule has 7 nitrogen and oxygen atoms in total. The van der Waals surface area contributed by atoms with E-state index in [1.54, 1.807) is 24.3 Å². The van der Waals surface area contributed by atoms with Gasteiger partial charge in [-0.2, -0.15) is 0 Å². The highest BCUT2D eigenvalue weighted by atomic mass is 16.6. The highest BCUT2D eigenvalue weighted by Crippen LogP contribution is 2.42. The van der Waals surface area contributed by atoms with Crippen LogP contribution in [-0.4, -0.2) is 41.0 Å². The first kappa shape index (κ1) is 17.4. The molecule has 0 saturated heterocycles. The van der Waals surface area contributed by atoms with E-state index in [-0.39, 0.29) is 29.1 Å². The molecule has 0 fully saturated rings. The first-order valence-electron chi connectivity index (χ1n) is 8.52. The van der Waals surface area contributed by atoms with Crippen molar-refractivity contribution in [2.45, 2.75) is 25.2 Å². The van der Waals surface area contributed by atoms with Crippen LogP contribution in [0, 0.1) is 0 Å². The number of hydrogen-bond acceptors (Lipinski definition) is 6. The number of benzene rings is 2. The summed E-state index contributed by atoms with van der Waals surface area (Å²) in [5.41, 5.74) is 2.19. The molecule has 0 bridgehead atoms. The molecular weight excluding hydrogens is 350 g/mol. The maximum absolute atomic E-state index is 13.1. The van der Waals surface area contributed by atoms with Gasteiger partial charge in [-0.25, -0.2) is 4.79 Å². The van der Waals surface area contributed by atoms with Gasteiger partial charge in [0.25, 0.3) is 0 Å². The first-order chi connectivity index (χ1) is 13.0. The number of amides is 1. The number of ketones is 2. The normalized spacial score (nSPS) is 20.0. The molecule has 27 heavy (non-hydrogen) atoms. The number of fused-ring (bicyclic) bond motifs is 4. The molecule has 7 heteroatoms. The van der Waals surface area contributed by atoms with E-state index < -0.39 is 24.9 Å². The molecule has 3 N–H and O–H groups in total. The average Bonchev–Trinajstić information content (AvgIpc) is 3.01. The molecule has 2 aliphatic rings. The molecule has 2 atom stereocenters. The van der Waals surface area contributed by atoms with E-state index in [4.69, 9.17) is 4.74 Å². The van der Waals surface area contributed by atoms with Gasteiger partial charge in [0.05, 0.1) is 6.61 Å². The molecule has 2 aromatic rings. The van der Waals surface area contributed by atoms with Crippen molar-refractivity contribution >= 4 is 17.7 Å². The molecular formula is C20H17NO6. The number of rotatable bonds is 2. The standard InChI is InChI=1S/C20H17NO6/c1-21-20(26)27-14-7-12-15(19(14)25)9(8-22)6-13-16(12)18(24)11-5-3-2-4-10(11)17(13)23/h2-6,14,19,22,25H,7-8H2,1H3,(H,21,26). The molecule has 0 heterocycles. The van der Waals surface area contributed by atoms with Crippen molar-refractivity contribution in [1.29, 1.82) is 0 Å². The SMILES string of the molecule is CNC(=O)OC1Cc2c3c(cc(CO)c2C1O)C(=O)c1ccccc1C3=O. The number of alkyl carbamates (subject to hydrolysis) is 1. The molecule has 0 aliphatic heterocycles. The third-order valence-corrected chi connectivity index (χ3v) is 5.13. The van der Waals surface area contributed by atoms with E-state index >= 15 is 0 Å². The minimum absolute atomic E-state index is 0.0846. The third kappa shape index (κ3) is 2.47. The Morgan fingerprint density at radius 1 is 1.19 bits per heavy atom. The molecule has 138 valence electrons. The second-order valence-corrected chi connectivity index (χ2v) is 6.56. The molecule has 2 unspecified atom stereocenters. The quantitative estimate of drug-likeness (QED) is 0.629. The predicted molar refractivity (Wildman–Crippen MR) is 93.7 cm³/mol. The van der Waals surface area contributed by atoms with Crippen LogP contribution in [0.5, 0.6) is 0 Å². The highest BCUT2D eigenvalue weighted by molar-refractivity contribution is 6.29. The number of aliphatic hydroxyl groups excluding tert-OH is 2. The summed E-state index contributed by atoms with van der Waals surface area (Å²) in [6.07, 6.45) is -2.72. The summed E-state index contributed by atoms with van der Waals surface area (Å²) in [7, 11) is 1.40. The van der Waals surface area contributed by atoms with E-state index in [0.29, 0.717) is 27.8 Å². The number of nitrogens with one attached hydrogen (secondary N) is 1. The molecule has 2 aromatic carbocycles. The zero-order valence-electron chi connectivity index (χ0n) is 14.5. The van der Waals surface area contributed by atoms with Crippen LogP contribution in [0.3, 0.4) is 0 Å². The fourth-order valence-corrected chi connectivity index (χ4v) is 3.93. The van der Waals surface area contributed by atoms with Crippen molar-refractivity contribution in [2.75, 3.05) is 7.05 Å². The summed E-state index contributed by atoms with van der Waals surface area (Å²) in [6, 6.07) is 8.01. The van der Waals surface area contributed by atoms with Crippen LogP contribution in [0.2, 0.25) is 0 Å². The van der Waals surface area contributed by atoms with Crippen molar-refractivity contribution in [1.82, 2.24) is 5.32 Å².